The van der Waals surface area contributed by atoms with Gasteiger partial charge in [0.05, 0.1) is 0 Å². The van der Waals surface area contributed by atoms with E-state index in [0.29, 0.717) is 11.3 Å². The zero-order chi connectivity index (χ0) is 12.4. The van der Waals surface area contributed by atoms with Crippen LogP contribution in [0, 0.1) is 6.92 Å². The van der Waals surface area contributed by atoms with E-state index in [1.54, 1.807) is 18.2 Å². The number of anilines is 1. The summed E-state index contributed by atoms with van der Waals surface area (Å²) in [6.07, 6.45) is 0. The van der Waals surface area contributed by atoms with Crippen molar-refractivity contribution in [3.05, 3.63) is 29.6 Å². The summed E-state index contributed by atoms with van der Waals surface area (Å²) in [7, 11) is 0. The van der Waals surface area contributed by atoms with Crippen LogP contribution in [-0.2, 0) is 0 Å². The highest BCUT2D eigenvalue weighted by Gasteiger charge is 2.09. The number of benzene rings is 1. The molecule has 0 atom stereocenters. The molecule has 0 aliphatic carbocycles. The SMILES string of the molecule is Cc1nsc(Sc2cc(C(N)=O)ccc2N)n1. The quantitative estimate of drug-likeness (QED) is 0.824. The van der Waals surface area contributed by atoms with Gasteiger partial charge in [-0.05, 0) is 36.7 Å². The Labute approximate surface area is 106 Å². The van der Waals surface area contributed by atoms with Gasteiger partial charge in [0.2, 0.25) is 5.91 Å². The largest absolute Gasteiger partial charge is 0.398 e. The van der Waals surface area contributed by atoms with Crippen LogP contribution in [0.1, 0.15) is 16.2 Å². The maximum Gasteiger partial charge on any atom is 0.248 e. The van der Waals surface area contributed by atoms with Crippen LogP contribution >= 0.6 is 23.3 Å². The van der Waals surface area contributed by atoms with Crippen molar-refractivity contribution in [3.8, 4) is 0 Å². The van der Waals surface area contributed by atoms with Crippen LogP contribution in [0.15, 0.2) is 27.4 Å². The fourth-order valence-electron chi connectivity index (χ4n) is 1.19. The predicted octanol–water partition coefficient (Wildman–Crippen LogP) is 1.68. The highest BCUT2D eigenvalue weighted by molar-refractivity contribution is 8.01. The minimum atomic E-state index is -0.472. The molecule has 0 spiro atoms. The van der Waals surface area contributed by atoms with E-state index in [2.05, 4.69) is 9.36 Å². The average Bonchev–Trinajstić information content (AvgIpc) is 2.67. The summed E-state index contributed by atoms with van der Waals surface area (Å²) in [5, 5.41) is 0. The molecule has 0 aliphatic heterocycles. The van der Waals surface area contributed by atoms with E-state index in [1.165, 1.54) is 23.3 Å². The molecule has 1 heterocycles. The van der Waals surface area contributed by atoms with Crippen molar-refractivity contribution in [2.24, 2.45) is 5.73 Å². The summed E-state index contributed by atoms with van der Waals surface area (Å²) >= 11 is 2.68. The molecule has 1 amide bonds. The second-order valence-corrected chi connectivity index (χ2v) is 5.37. The number of nitrogens with two attached hydrogens (primary N) is 2. The van der Waals surface area contributed by atoms with Crippen molar-refractivity contribution >= 4 is 34.9 Å². The molecule has 4 N–H and O–H groups in total. The molecular formula is C10H10N4OS2. The van der Waals surface area contributed by atoms with Crippen molar-refractivity contribution in [2.75, 3.05) is 5.73 Å². The highest BCUT2D eigenvalue weighted by atomic mass is 32.2. The van der Waals surface area contributed by atoms with Crippen molar-refractivity contribution in [3.63, 3.8) is 0 Å². The Morgan fingerprint density at radius 1 is 1.47 bits per heavy atom. The number of aryl methyl sites for hydroxylation is 1. The van der Waals surface area contributed by atoms with E-state index in [0.717, 1.165) is 15.1 Å². The van der Waals surface area contributed by atoms with E-state index >= 15 is 0 Å². The van der Waals surface area contributed by atoms with Crippen molar-refractivity contribution in [2.45, 2.75) is 16.2 Å². The Morgan fingerprint density at radius 3 is 2.82 bits per heavy atom. The van der Waals surface area contributed by atoms with Crippen LogP contribution < -0.4 is 11.5 Å². The van der Waals surface area contributed by atoms with Crippen LogP contribution in [0.3, 0.4) is 0 Å². The molecule has 2 rings (SSSR count). The monoisotopic (exact) mass is 266 g/mol. The average molecular weight is 266 g/mol. The van der Waals surface area contributed by atoms with Gasteiger partial charge < -0.3 is 11.5 Å². The Morgan fingerprint density at radius 2 is 2.24 bits per heavy atom. The summed E-state index contributed by atoms with van der Waals surface area (Å²) < 4.78 is 4.87. The number of nitrogen functional groups attached to an aromatic ring is 1. The second kappa shape index (κ2) is 4.72. The van der Waals surface area contributed by atoms with E-state index in [1.807, 2.05) is 6.92 Å². The third-order valence-electron chi connectivity index (χ3n) is 2.00. The number of nitrogens with zero attached hydrogens (tertiary/aromatic N) is 2. The Bertz CT molecular complexity index is 567. The zero-order valence-electron chi connectivity index (χ0n) is 9.01. The summed E-state index contributed by atoms with van der Waals surface area (Å²) in [4.78, 5) is 16.0. The topological polar surface area (TPSA) is 94.9 Å². The number of carbonyl (C=O) groups is 1. The Hall–Kier alpha value is -1.60. The second-order valence-electron chi connectivity index (χ2n) is 3.33. The number of carbonyl (C=O) groups excluding carboxylic acids is 1. The van der Waals surface area contributed by atoms with Gasteiger partial charge in [0.25, 0.3) is 0 Å². The Balaban J connectivity index is 2.31. The summed E-state index contributed by atoms with van der Waals surface area (Å²) in [5.74, 6) is 0.252. The number of rotatable bonds is 3. The van der Waals surface area contributed by atoms with E-state index in [9.17, 15) is 4.79 Å². The lowest BCUT2D eigenvalue weighted by atomic mass is 10.2. The number of primary amides is 1. The molecular weight excluding hydrogens is 256 g/mol. The van der Waals surface area contributed by atoms with Crippen molar-refractivity contribution in [1.82, 2.24) is 9.36 Å². The van der Waals surface area contributed by atoms with Gasteiger partial charge in [0.15, 0.2) is 4.34 Å². The molecule has 17 heavy (non-hydrogen) atoms. The molecule has 0 saturated carbocycles. The first-order chi connectivity index (χ1) is 8.06. The van der Waals surface area contributed by atoms with Gasteiger partial charge in [-0.15, -0.1) is 0 Å². The molecule has 1 aromatic heterocycles. The molecule has 0 radical (unpaired) electrons. The molecule has 1 aromatic carbocycles. The lowest BCUT2D eigenvalue weighted by molar-refractivity contribution is 0.1000. The maximum absolute atomic E-state index is 11.1. The van der Waals surface area contributed by atoms with Gasteiger partial charge in [-0.1, -0.05) is 11.8 Å². The summed E-state index contributed by atoms with van der Waals surface area (Å²) in [6, 6.07) is 4.93. The normalized spacial score (nSPS) is 10.4. The number of amides is 1. The van der Waals surface area contributed by atoms with Gasteiger partial charge >= 0.3 is 0 Å². The minimum absolute atomic E-state index is 0.433. The summed E-state index contributed by atoms with van der Waals surface area (Å²) in [5.41, 5.74) is 12.1. The van der Waals surface area contributed by atoms with Crippen LogP contribution in [-0.4, -0.2) is 15.3 Å². The molecule has 2 aromatic rings. The van der Waals surface area contributed by atoms with Gasteiger partial charge in [-0.25, -0.2) is 4.98 Å². The van der Waals surface area contributed by atoms with E-state index in [-0.39, 0.29) is 0 Å². The molecule has 88 valence electrons. The standard InChI is InChI=1S/C10H10N4OS2/c1-5-13-10(17-14-5)16-8-4-6(9(12)15)2-3-7(8)11/h2-4H,11H2,1H3,(H2,12,15). The molecule has 5 nitrogen and oxygen atoms in total. The molecule has 0 unspecified atom stereocenters. The molecule has 0 bridgehead atoms. The van der Waals surface area contributed by atoms with E-state index < -0.39 is 5.91 Å². The molecule has 7 heteroatoms. The zero-order valence-corrected chi connectivity index (χ0v) is 10.6. The van der Waals surface area contributed by atoms with Gasteiger partial charge in [0.1, 0.15) is 5.82 Å². The molecule has 0 aliphatic rings. The lowest BCUT2D eigenvalue weighted by Gasteiger charge is -2.04. The first-order valence-corrected chi connectivity index (χ1v) is 6.33. The number of hydrogen-bond acceptors (Lipinski definition) is 6. The first-order valence-electron chi connectivity index (χ1n) is 4.74. The Kier molecular flexibility index (Phi) is 3.30. The van der Waals surface area contributed by atoms with Crippen LogP contribution in [0.4, 0.5) is 5.69 Å². The third kappa shape index (κ3) is 2.75. The van der Waals surface area contributed by atoms with Gasteiger partial charge in [-0.3, -0.25) is 4.79 Å². The van der Waals surface area contributed by atoms with Crippen molar-refractivity contribution in [1.29, 1.82) is 0 Å². The predicted molar refractivity (Wildman–Crippen MR) is 68.1 cm³/mol. The fraction of sp³-hybridized carbons (Fsp3) is 0.100. The maximum atomic E-state index is 11.1. The molecule has 0 fully saturated rings. The first kappa shape index (κ1) is 11.9. The third-order valence-corrected chi connectivity index (χ3v) is 3.92. The fourth-order valence-corrected chi connectivity index (χ4v) is 2.88. The highest BCUT2D eigenvalue weighted by Crippen LogP contribution is 2.33. The number of aromatic nitrogens is 2. The summed E-state index contributed by atoms with van der Waals surface area (Å²) in [6.45, 7) is 1.82. The number of hydrogen-bond donors (Lipinski definition) is 2. The van der Waals surface area contributed by atoms with E-state index in [4.69, 9.17) is 11.5 Å². The lowest BCUT2D eigenvalue weighted by Crippen LogP contribution is -2.11. The van der Waals surface area contributed by atoms with Crippen LogP contribution in [0.2, 0.25) is 0 Å². The minimum Gasteiger partial charge on any atom is -0.398 e. The van der Waals surface area contributed by atoms with Gasteiger partial charge in [0, 0.05) is 16.1 Å². The van der Waals surface area contributed by atoms with Crippen molar-refractivity contribution < 1.29 is 4.79 Å². The van der Waals surface area contributed by atoms with Crippen LogP contribution in [0.25, 0.3) is 0 Å². The molecule has 0 saturated heterocycles. The van der Waals surface area contributed by atoms with Gasteiger partial charge in [-0.2, -0.15) is 4.37 Å². The smallest absolute Gasteiger partial charge is 0.248 e. The van der Waals surface area contributed by atoms with Crippen LogP contribution in [0.5, 0.6) is 0 Å².